The fourth-order valence-electron chi connectivity index (χ4n) is 5.06. The number of fused-ring (bicyclic) bond motifs is 2. The molecule has 2 aromatic rings. The van der Waals surface area contributed by atoms with Gasteiger partial charge < -0.3 is 0 Å². The van der Waals surface area contributed by atoms with Gasteiger partial charge in [-0.1, -0.05) is 32.9 Å². The Morgan fingerprint density at radius 3 is 2.03 bits per heavy atom. The second-order valence-corrected chi connectivity index (χ2v) is 10.3. The number of hydrogen-bond acceptors (Lipinski definition) is 3. The predicted octanol–water partition coefficient (Wildman–Crippen LogP) is 5.84. The first-order valence-corrected chi connectivity index (χ1v) is 11.7. The molecule has 5 heteroatoms. The average molecular weight is 400 g/mol. The first kappa shape index (κ1) is 22.0. The molecule has 0 saturated heterocycles. The maximum Gasteiger partial charge on any atom is 0.0852 e. The van der Waals surface area contributed by atoms with Crippen molar-refractivity contribution in [1.29, 1.82) is 0 Å². The van der Waals surface area contributed by atoms with Crippen molar-refractivity contribution in [3.63, 3.8) is 0 Å². The predicted molar refractivity (Wildman–Crippen MR) is 119 cm³/mol. The highest BCUT2D eigenvalue weighted by molar-refractivity contribution is 5.21. The minimum Gasteiger partial charge on any atom is -0.267 e. The van der Waals surface area contributed by atoms with E-state index in [0.717, 1.165) is 29.4 Å². The second kappa shape index (κ2) is 9.01. The third kappa shape index (κ3) is 4.92. The van der Waals surface area contributed by atoms with Crippen LogP contribution in [0.4, 0.5) is 0 Å². The molecular formula is C24H41N5. The lowest BCUT2D eigenvalue weighted by Crippen LogP contribution is -2.10. The van der Waals surface area contributed by atoms with E-state index in [1.54, 1.807) is 0 Å². The van der Waals surface area contributed by atoms with Gasteiger partial charge in [-0.05, 0) is 88.5 Å². The molecule has 0 aliphatic heterocycles. The Labute approximate surface area is 177 Å². The summed E-state index contributed by atoms with van der Waals surface area (Å²) >= 11 is 0. The smallest absolute Gasteiger partial charge is 0.0852 e. The highest BCUT2D eigenvalue weighted by Gasteiger charge is 2.50. The third-order valence-corrected chi connectivity index (χ3v) is 6.75. The summed E-state index contributed by atoms with van der Waals surface area (Å²) in [5, 5.41) is 12.6. The van der Waals surface area contributed by atoms with Crippen LogP contribution in [0.1, 0.15) is 103 Å². The SMILES string of the molecule is CC(C)C1[C@H]2CCc3cnn(C(C)C)c3CC[C@@H]12.CC(C)c1cn(C(C)C)nn1. The second-order valence-electron chi connectivity index (χ2n) is 10.3. The van der Waals surface area contributed by atoms with Crippen molar-refractivity contribution in [2.45, 2.75) is 99.1 Å². The summed E-state index contributed by atoms with van der Waals surface area (Å²) in [6.07, 6.45) is 9.42. The van der Waals surface area contributed by atoms with Gasteiger partial charge in [-0.3, -0.25) is 4.68 Å². The Balaban J connectivity index is 0.000000188. The summed E-state index contributed by atoms with van der Waals surface area (Å²) in [5.74, 6) is 4.38. The van der Waals surface area contributed by atoms with E-state index in [1.807, 2.05) is 10.9 Å². The van der Waals surface area contributed by atoms with E-state index in [9.17, 15) is 0 Å². The van der Waals surface area contributed by atoms with Gasteiger partial charge in [0.2, 0.25) is 0 Å². The number of rotatable bonds is 4. The van der Waals surface area contributed by atoms with Gasteiger partial charge in [0.15, 0.2) is 0 Å². The van der Waals surface area contributed by atoms with Gasteiger partial charge in [0.1, 0.15) is 0 Å². The molecule has 4 rings (SSSR count). The fraction of sp³-hybridized carbons (Fsp3) is 0.792. The van der Waals surface area contributed by atoms with Crippen LogP contribution >= 0.6 is 0 Å². The molecule has 2 aliphatic rings. The summed E-state index contributed by atoms with van der Waals surface area (Å²) in [4.78, 5) is 0. The molecule has 1 saturated carbocycles. The van der Waals surface area contributed by atoms with Crippen LogP contribution in [-0.2, 0) is 12.8 Å². The van der Waals surface area contributed by atoms with Crippen molar-refractivity contribution >= 4 is 0 Å². The molecule has 3 atom stereocenters. The summed E-state index contributed by atoms with van der Waals surface area (Å²) < 4.78 is 4.14. The molecule has 162 valence electrons. The lowest BCUT2D eigenvalue weighted by Gasteiger charge is -2.14. The van der Waals surface area contributed by atoms with Crippen LogP contribution in [0.15, 0.2) is 12.4 Å². The molecule has 29 heavy (non-hydrogen) atoms. The number of aromatic nitrogens is 5. The zero-order valence-corrected chi connectivity index (χ0v) is 19.8. The van der Waals surface area contributed by atoms with Gasteiger partial charge in [0, 0.05) is 24.0 Å². The Hall–Kier alpha value is -1.65. The highest BCUT2D eigenvalue weighted by atomic mass is 15.4. The van der Waals surface area contributed by atoms with Crippen LogP contribution in [0.25, 0.3) is 0 Å². The van der Waals surface area contributed by atoms with Gasteiger partial charge in [0.25, 0.3) is 0 Å². The van der Waals surface area contributed by atoms with Crippen LogP contribution in [0.3, 0.4) is 0 Å². The molecule has 0 radical (unpaired) electrons. The van der Waals surface area contributed by atoms with Crippen molar-refractivity contribution in [2.75, 3.05) is 0 Å². The van der Waals surface area contributed by atoms with Gasteiger partial charge in [-0.2, -0.15) is 5.10 Å². The van der Waals surface area contributed by atoms with Gasteiger partial charge in [-0.15, -0.1) is 5.10 Å². The van der Waals surface area contributed by atoms with Crippen LogP contribution < -0.4 is 0 Å². The molecule has 0 N–H and O–H groups in total. The molecule has 0 aromatic carbocycles. The lowest BCUT2D eigenvalue weighted by molar-refractivity contribution is 0.478. The standard InChI is InChI=1S/C16H26N2.C8H15N3/c1-10(2)16-13-6-5-12-9-17-18(11(3)4)15(12)8-7-14(13)16;1-6(2)8-5-11(7(3)4)10-9-8/h9-11,13-14,16H,5-8H2,1-4H3;5-7H,1-4H3/t13-,14+,16?;/m0./s1. The molecule has 1 unspecified atom stereocenters. The van der Waals surface area contributed by atoms with Crippen molar-refractivity contribution in [1.82, 2.24) is 24.8 Å². The van der Waals surface area contributed by atoms with E-state index in [4.69, 9.17) is 0 Å². The Morgan fingerprint density at radius 2 is 1.55 bits per heavy atom. The summed E-state index contributed by atoms with van der Waals surface area (Å²) in [5.41, 5.74) is 4.12. The van der Waals surface area contributed by atoms with Crippen LogP contribution in [0.2, 0.25) is 0 Å². The highest BCUT2D eigenvalue weighted by Crippen LogP contribution is 2.56. The molecule has 0 bridgehead atoms. The molecule has 1 fully saturated rings. The van der Waals surface area contributed by atoms with Crippen LogP contribution in [0, 0.1) is 23.7 Å². The Bertz CT molecular complexity index is 761. The van der Waals surface area contributed by atoms with Gasteiger partial charge in [0.05, 0.1) is 11.9 Å². The molecule has 2 heterocycles. The first-order chi connectivity index (χ1) is 13.7. The van der Waals surface area contributed by atoms with E-state index >= 15 is 0 Å². The van der Waals surface area contributed by atoms with Crippen LogP contribution in [-0.4, -0.2) is 24.8 Å². The number of nitrogens with zero attached hydrogens (tertiary/aromatic N) is 5. The van der Waals surface area contributed by atoms with E-state index < -0.39 is 0 Å². The van der Waals surface area contributed by atoms with Gasteiger partial charge in [-0.25, -0.2) is 4.68 Å². The van der Waals surface area contributed by atoms with Crippen molar-refractivity contribution in [2.24, 2.45) is 23.7 Å². The maximum atomic E-state index is 4.59. The fourth-order valence-corrected chi connectivity index (χ4v) is 5.06. The summed E-state index contributed by atoms with van der Waals surface area (Å²) in [7, 11) is 0. The van der Waals surface area contributed by atoms with E-state index in [0.29, 0.717) is 18.0 Å². The van der Waals surface area contributed by atoms with Crippen molar-refractivity contribution < 1.29 is 0 Å². The molecule has 0 amide bonds. The number of hydrogen-bond donors (Lipinski definition) is 0. The Kier molecular flexibility index (Phi) is 6.85. The largest absolute Gasteiger partial charge is 0.267 e. The molecule has 2 aliphatic carbocycles. The lowest BCUT2D eigenvalue weighted by atomic mass is 9.99. The first-order valence-electron chi connectivity index (χ1n) is 11.7. The monoisotopic (exact) mass is 399 g/mol. The molecule has 2 aromatic heterocycles. The van der Waals surface area contributed by atoms with E-state index in [2.05, 4.69) is 81.7 Å². The molecule has 0 spiro atoms. The Morgan fingerprint density at radius 1 is 0.897 bits per heavy atom. The van der Waals surface area contributed by atoms with E-state index in [1.165, 1.54) is 36.9 Å². The maximum absolute atomic E-state index is 4.59. The topological polar surface area (TPSA) is 48.5 Å². The zero-order chi connectivity index (χ0) is 21.3. The molecular weight excluding hydrogens is 358 g/mol. The summed E-state index contributed by atoms with van der Waals surface area (Å²) in [6.45, 7) is 17.7. The normalized spacial score (nSPS) is 23.5. The molecule has 5 nitrogen and oxygen atoms in total. The van der Waals surface area contributed by atoms with Gasteiger partial charge >= 0.3 is 0 Å². The van der Waals surface area contributed by atoms with Crippen LogP contribution in [0.5, 0.6) is 0 Å². The summed E-state index contributed by atoms with van der Waals surface area (Å²) in [6, 6.07) is 0.916. The van der Waals surface area contributed by atoms with Crippen molar-refractivity contribution in [3.8, 4) is 0 Å². The quantitative estimate of drug-likeness (QED) is 0.648. The van der Waals surface area contributed by atoms with E-state index in [-0.39, 0.29) is 0 Å². The zero-order valence-electron chi connectivity index (χ0n) is 19.8. The minimum atomic E-state index is 0.412. The number of aryl methyl sites for hydroxylation is 1. The van der Waals surface area contributed by atoms with Crippen molar-refractivity contribution in [3.05, 3.63) is 29.3 Å². The average Bonchev–Trinajstić information content (AvgIpc) is 2.99. The third-order valence-electron chi connectivity index (χ3n) is 6.75. The minimum absolute atomic E-state index is 0.412.